The van der Waals surface area contributed by atoms with E-state index in [1.807, 2.05) is 6.92 Å². The van der Waals surface area contributed by atoms with E-state index >= 15 is 0 Å². The van der Waals surface area contributed by atoms with Gasteiger partial charge in [0.2, 0.25) is 0 Å². The SMILES string of the molecule is Cc1ccc(C(=O)C(/C=C/C=O)=[N+]=[N-])cc1. The Balaban J connectivity index is 3.01. The Morgan fingerprint density at radius 3 is 2.44 bits per heavy atom. The lowest BCUT2D eigenvalue weighted by Crippen LogP contribution is -2.12. The molecule has 1 aromatic carbocycles. The standard InChI is InChI=1S/C12H10N2O2/c1-9-4-6-10(7-5-9)12(16)11(14-13)3-2-8-15/h2-8H,1H3/b3-2+. The molecule has 0 fully saturated rings. The van der Waals surface area contributed by atoms with Crippen LogP contribution in [0.2, 0.25) is 0 Å². The minimum absolute atomic E-state index is 0.170. The summed E-state index contributed by atoms with van der Waals surface area (Å²) in [6.07, 6.45) is 2.77. The van der Waals surface area contributed by atoms with Gasteiger partial charge < -0.3 is 5.53 Å². The van der Waals surface area contributed by atoms with Gasteiger partial charge in [-0.05, 0) is 13.0 Å². The van der Waals surface area contributed by atoms with Crippen molar-refractivity contribution in [2.75, 3.05) is 0 Å². The molecular formula is C12H10N2O2. The molecule has 1 aromatic rings. The lowest BCUT2D eigenvalue weighted by Gasteiger charge is -1.95. The number of nitrogens with zero attached hydrogens (tertiary/aromatic N) is 2. The third-order valence-electron chi connectivity index (χ3n) is 1.99. The first kappa shape index (κ1) is 11.8. The van der Waals surface area contributed by atoms with Gasteiger partial charge in [0.05, 0.1) is 0 Å². The molecule has 1 rings (SSSR count). The number of benzene rings is 1. The summed E-state index contributed by atoms with van der Waals surface area (Å²) in [4.78, 5) is 24.7. The Labute approximate surface area is 92.8 Å². The van der Waals surface area contributed by atoms with Crippen molar-refractivity contribution in [2.24, 2.45) is 0 Å². The fraction of sp³-hybridized carbons (Fsp3) is 0.0833. The number of ketones is 1. The van der Waals surface area contributed by atoms with E-state index in [4.69, 9.17) is 5.53 Å². The van der Waals surface area contributed by atoms with Gasteiger partial charge in [0.15, 0.2) is 0 Å². The second kappa shape index (κ2) is 5.53. The maximum absolute atomic E-state index is 11.7. The zero-order valence-electron chi connectivity index (χ0n) is 8.75. The molecule has 0 N–H and O–H groups in total. The molecule has 0 aliphatic carbocycles. The van der Waals surface area contributed by atoms with E-state index in [0.29, 0.717) is 11.8 Å². The maximum atomic E-state index is 11.7. The van der Waals surface area contributed by atoms with Crippen molar-refractivity contribution in [3.8, 4) is 0 Å². The predicted molar refractivity (Wildman–Crippen MR) is 59.3 cm³/mol. The zero-order valence-corrected chi connectivity index (χ0v) is 8.75. The molecule has 0 saturated carbocycles. The van der Waals surface area contributed by atoms with E-state index in [1.54, 1.807) is 24.3 Å². The van der Waals surface area contributed by atoms with Crippen LogP contribution >= 0.6 is 0 Å². The van der Waals surface area contributed by atoms with Crippen molar-refractivity contribution < 1.29 is 14.4 Å². The molecule has 80 valence electrons. The minimum Gasteiger partial charge on any atom is -0.361 e. The van der Waals surface area contributed by atoms with Gasteiger partial charge in [0.25, 0.3) is 5.78 Å². The summed E-state index contributed by atoms with van der Waals surface area (Å²) >= 11 is 0. The molecular weight excluding hydrogens is 204 g/mol. The van der Waals surface area contributed by atoms with Crippen LogP contribution in [0.5, 0.6) is 0 Å². The van der Waals surface area contributed by atoms with Gasteiger partial charge in [-0.15, -0.1) is 0 Å². The maximum Gasteiger partial charge on any atom is 0.362 e. The average Bonchev–Trinajstić information content (AvgIpc) is 2.30. The molecule has 0 bridgehead atoms. The molecule has 0 radical (unpaired) electrons. The number of allylic oxidation sites excluding steroid dienone is 2. The fourth-order valence-electron chi connectivity index (χ4n) is 1.14. The molecule has 0 heterocycles. The molecule has 4 heteroatoms. The summed E-state index contributed by atoms with van der Waals surface area (Å²) in [5, 5.41) is 0. The molecule has 0 aliphatic heterocycles. The molecule has 0 amide bonds. The summed E-state index contributed by atoms with van der Waals surface area (Å²) < 4.78 is 0. The average molecular weight is 214 g/mol. The van der Waals surface area contributed by atoms with Gasteiger partial charge in [-0.3, -0.25) is 9.59 Å². The van der Waals surface area contributed by atoms with Crippen LogP contribution in [0.1, 0.15) is 15.9 Å². The lowest BCUT2D eigenvalue weighted by molar-refractivity contribution is -0.104. The van der Waals surface area contributed by atoms with Crippen molar-refractivity contribution in [3.05, 3.63) is 53.1 Å². The molecule has 0 spiro atoms. The van der Waals surface area contributed by atoms with Crippen LogP contribution in [0.4, 0.5) is 0 Å². The quantitative estimate of drug-likeness (QED) is 0.191. The molecule has 0 atom stereocenters. The van der Waals surface area contributed by atoms with E-state index in [9.17, 15) is 9.59 Å². The number of aldehydes is 1. The topological polar surface area (TPSA) is 70.5 Å². The van der Waals surface area contributed by atoms with E-state index in [1.165, 1.54) is 0 Å². The highest BCUT2D eigenvalue weighted by Crippen LogP contribution is 2.04. The largest absolute Gasteiger partial charge is 0.362 e. The fourth-order valence-corrected chi connectivity index (χ4v) is 1.14. The van der Waals surface area contributed by atoms with Crippen LogP contribution in [0.3, 0.4) is 0 Å². The van der Waals surface area contributed by atoms with Crippen LogP contribution in [0.25, 0.3) is 5.53 Å². The number of Topliss-reactive ketones (excluding diaryl/α,β-unsaturated/α-hetero) is 1. The number of aryl methyl sites for hydroxylation is 1. The van der Waals surface area contributed by atoms with Gasteiger partial charge in [-0.1, -0.05) is 29.8 Å². The highest BCUT2D eigenvalue weighted by molar-refractivity contribution is 6.47. The minimum atomic E-state index is -0.430. The van der Waals surface area contributed by atoms with Crippen LogP contribution < -0.4 is 0 Å². The first-order valence-electron chi connectivity index (χ1n) is 4.64. The Morgan fingerprint density at radius 2 is 1.94 bits per heavy atom. The van der Waals surface area contributed by atoms with Gasteiger partial charge >= 0.3 is 5.71 Å². The number of carbonyl (C=O) groups excluding carboxylic acids is 2. The second-order valence-corrected chi connectivity index (χ2v) is 3.18. The summed E-state index contributed by atoms with van der Waals surface area (Å²) in [5.41, 5.74) is 9.91. The Bertz CT molecular complexity index is 480. The lowest BCUT2D eigenvalue weighted by atomic mass is 10.1. The number of carbonyl (C=O) groups is 2. The second-order valence-electron chi connectivity index (χ2n) is 3.18. The van der Waals surface area contributed by atoms with E-state index in [0.717, 1.165) is 17.7 Å². The smallest absolute Gasteiger partial charge is 0.361 e. The van der Waals surface area contributed by atoms with Gasteiger partial charge in [-0.25, -0.2) is 0 Å². The third kappa shape index (κ3) is 2.83. The summed E-state index contributed by atoms with van der Waals surface area (Å²) in [5.74, 6) is -0.430. The molecule has 16 heavy (non-hydrogen) atoms. The molecule has 0 aliphatic rings. The number of hydrogen-bond donors (Lipinski definition) is 0. The van der Waals surface area contributed by atoms with Crippen molar-refractivity contribution in [2.45, 2.75) is 6.92 Å². The normalized spacial score (nSPS) is 9.81. The number of rotatable bonds is 4. The summed E-state index contributed by atoms with van der Waals surface area (Å²) in [6, 6.07) is 6.84. The van der Waals surface area contributed by atoms with Crippen molar-refractivity contribution in [1.29, 1.82) is 0 Å². The van der Waals surface area contributed by atoms with Crippen LogP contribution in [-0.4, -0.2) is 22.6 Å². The van der Waals surface area contributed by atoms with E-state index < -0.39 is 5.78 Å². The van der Waals surface area contributed by atoms with Crippen molar-refractivity contribution in [3.63, 3.8) is 0 Å². The first-order chi connectivity index (χ1) is 7.69. The summed E-state index contributed by atoms with van der Waals surface area (Å²) in [7, 11) is 0. The monoisotopic (exact) mass is 214 g/mol. The Kier molecular flexibility index (Phi) is 4.07. The zero-order chi connectivity index (χ0) is 12.0. The highest BCUT2D eigenvalue weighted by Gasteiger charge is 2.18. The molecule has 4 nitrogen and oxygen atoms in total. The first-order valence-corrected chi connectivity index (χ1v) is 4.64. The van der Waals surface area contributed by atoms with E-state index in [-0.39, 0.29) is 5.71 Å². The van der Waals surface area contributed by atoms with Crippen LogP contribution in [-0.2, 0) is 4.79 Å². The highest BCUT2D eigenvalue weighted by atomic mass is 16.1. The molecule has 0 aromatic heterocycles. The van der Waals surface area contributed by atoms with Gasteiger partial charge in [0.1, 0.15) is 6.29 Å². The summed E-state index contributed by atoms with van der Waals surface area (Å²) in [6.45, 7) is 1.90. The van der Waals surface area contributed by atoms with Crippen molar-refractivity contribution >= 4 is 17.8 Å². The number of hydrogen-bond acceptors (Lipinski definition) is 2. The Hall–Kier alpha value is -2.32. The van der Waals surface area contributed by atoms with Crippen LogP contribution in [0.15, 0.2) is 36.4 Å². The van der Waals surface area contributed by atoms with Gasteiger partial charge in [0, 0.05) is 11.6 Å². The van der Waals surface area contributed by atoms with E-state index in [2.05, 4.69) is 4.79 Å². The predicted octanol–water partition coefficient (Wildman–Crippen LogP) is 1.60. The van der Waals surface area contributed by atoms with Crippen molar-refractivity contribution in [1.82, 2.24) is 0 Å². The van der Waals surface area contributed by atoms with Gasteiger partial charge in [-0.2, -0.15) is 4.79 Å². The third-order valence-corrected chi connectivity index (χ3v) is 1.99. The molecule has 0 saturated heterocycles. The molecule has 0 unspecified atom stereocenters. The van der Waals surface area contributed by atoms with Crippen LogP contribution in [0, 0.1) is 6.92 Å². The Morgan fingerprint density at radius 1 is 1.31 bits per heavy atom.